The fourth-order valence-corrected chi connectivity index (χ4v) is 1.44. The standard InChI is InChI=1S/C12H11FN2O3/c1-7(17-8(2)16)12-14-11(15-18-12)9-4-3-5-10(13)6-9/h3-7H,1-2H3/t7-/m1/s1. The smallest absolute Gasteiger partial charge is 0.303 e. The minimum absolute atomic E-state index is 0.171. The van der Waals surface area contributed by atoms with Crippen LogP contribution < -0.4 is 0 Å². The van der Waals surface area contributed by atoms with Crippen LogP contribution in [0, 0.1) is 5.82 Å². The van der Waals surface area contributed by atoms with Gasteiger partial charge in [0, 0.05) is 12.5 Å². The number of esters is 1. The van der Waals surface area contributed by atoms with Crippen LogP contribution in [-0.4, -0.2) is 16.1 Å². The molecule has 0 bridgehead atoms. The molecule has 0 spiro atoms. The summed E-state index contributed by atoms with van der Waals surface area (Å²) >= 11 is 0. The first-order chi connectivity index (χ1) is 8.56. The summed E-state index contributed by atoms with van der Waals surface area (Å²) in [6.45, 7) is 2.91. The van der Waals surface area contributed by atoms with Gasteiger partial charge in [-0.15, -0.1) is 0 Å². The Bertz CT molecular complexity index is 568. The second-order valence-electron chi connectivity index (χ2n) is 3.72. The maximum Gasteiger partial charge on any atom is 0.303 e. The van der Waals surface area contributed by atoms with Crippen molar-refractivity contribution in [2.45, 2.75) is 20.0 Å². The first kappa shape index (κ1) is 12.2. The van der Waals surface area contributed by atoms with Crippen LogP contribution in [0.25, 0.3) is 11.4 Å². The van der Waals surface area contributed by atoms with E-state index in [9.17, 15) is 9.18 Å². The third-order valence-corrected chi connectivity index (χ3v) is 2.22. The molecule has 1 aromatic carbocycles. The zero-order chi connectivity index (χ0) is 13.1. The molecule has 18 heavy (non-hydrogen) atoms. The lowest BCUT2D eigenvalue weighted by Gasteiger charge is -2.05. The summed E-state index contributed by atoms with van der Waals surface area (Å²) in [5, 5.41) is 3.71. The molecule has 0 saturated heterocycles. The molecule has 1 aromatic heterocycles. The van der Waals surface area contributed by atoms with Gasteiger partial charge in [-0.05, 0) is 19.1 Å². The zero-order valence-corrected chi connectivity index (χ0v) is 9.88. The van der Waals surface area contributed by atoms with E-state index < -0.39 is 12.1 Å². The molecule has 2 rings (SSSR count). The van der Waals surface area contributed by atoms with Crippen LogP contribution in [0.1, 0.15) is 25.8 Å². The van der Waals surface area contributed by atoms with E-state index in [-0.39, 0.29) is 17.5 Å². The highest BCUT2D eigenvalue weighted by atomic mass is 19.1. The lowest BCUT2D eigenvalue weighted by Crippen LogP contribution is -2.04. The molecule has 94 valence electrons. The molecule has 0 amide bonds. The number of carbonyl (C=O) groups is 1. The average Bonchev–Trinajstić information content (AvgIpc) is 2.77. The molecule has 0 saturated carbocycles. The van der Waals surface area contributed by atoms with Gasteiger partial charge in [-0.1, -0.05) is 17.3 Å². The maximum absolute atomic E-state index is 13.0. The number of hydrogen-bond donors (Lipinski definition) is 0. The van der Waals surface area contributed by atoms with Gasteiger partial charge in [0.2, 0.25) is 5.82 Å². The van der Waals surface area contributed by atoms with Crippen molar-refractivity contribution in [3.05, 3.63) is 36.0 Å². The number of carbonyl (C=O) groups excluding carboxylic acids is 1. The Balaban J connectivity index is 2.22. The van der Waals surface area contributed by atoms with Crippen LogP contribution in [0.4, 0.5) is 4.39 Å². The van der Waals surface area contributed by atoms with E-state index in [0.29, 0.717) is 5.56 Å². The van der Waals surface area contributed by atoms with E-state index in [1.165, 1.54) is 19.1 Å². The normalized spacial score (nSPS) is 12.2. The second-order valence-corrected chi connectivity index (χ2v) is 3.72. The van der Waals surface area contributed by atoms with E-state index in [0.717, 1.165) is 0 Å². The monoisotopic (exact) mass is 250 g/mol. The highest BCUT2D eigenvalue weighted by molar-refractivity contribution is 5.66. The zero-order valence-electron chi connectivity index (χ0n) is 9.88. The van der Waals surface area contributed by atoms with Crippen LogP contribution in [0.3, 0.4) is 0 Å². The van der Waals surface area contributed by atoms with Crippen molar-refractivity contribution >= 4 is 5.97 Å². The van der Waals surface area contributed by atoms with Gasteiger partial charge in [0.15, 0.2) is 6.10 Å². The first-order valence-corrected chi connectivity index (χ1v) is 5.33. The van der Waals surface area contributed by atoms with Gasteiger partial charge < -0.3 is 9.26 Å². The van der Waals surface area contributed by atoms with Crippen LogP contribution in [-0.2, 0) is 9.53 Å². The topological polar surface area (TPSA) is 65.2 Å². The average molecular weight is 250 g/mol. The number of ether oxygens (including phenoxy) is 1. The van der Waals surface area contributed by atoms with Crippen LogP contribution in [0.2, 0.25) is 0 Å². The summed E-state index contributed by atoms with van der Waals surface area (Å²) in [4.78, 5) is 14.8. The SMILES string of the molecule is CC(=O)O[C@H](C)c1nc(-c2cccc(F)c2)no1. The molecule has 1 heterocycles. The Morgan fingerprint density at radius 1 is 1.50 bits per heavy atom. The van der Waals surface area contributed by atoms with E-state index >= 15 is 0 Å². The van der Waals surface area contributed by atoms with Crippen molar-refractivity contribution < 1.29 is 18.4 Å². The summed E-state index contributed by atoms with van der Waals surface area (Å²) in [7, 11) is 0. The largest absolute Gasteiger partial charge is 0.453 e. The van der Waals surface area contributed by atoms with Crippen molar-refractivity contribution in [2.75, 3.05) is 0 Å². The highest BCUT2D eigenvalue weighted by Gasteiger charge is 2.17. The third-order valence-electron chi connectivity index (χ3n) is 2.22. The third kappa shape index (κ3) is 2.71. The van der Waals surface area contributed by atoms with Crippen molar-refractivity contribution in [3.63, 3.8) is 0 Å². The second kappa shape index (κ2) is 4.95. The number of nitrogens with zero attached hydrogens (tertiary/aromatic N) is 2. The number of aromatic nitrogens is 2. The van der Waals surface area contributed by atoms with Crippen molar-refractivity contribution in [1.82, 2.24) is 10.1 Å². The minimum atomic E-state index is -0.627. The fraction of sp³-hybridized carbons (Fsp3) is 0.250. The molecular weight excluding hydrogens is 239 g/mol. The van der Waals surface area contributed by atoms with Crippen molar-refractivity contribution in [2.24, 2.45) is 0 Å². The number of halogens is 1. The van der Waals surface area contributed by atoms with Crippen LogP contribution >= 0.6 is 0 Å². The predicted molar refractivity (Wildman–Crippen MR) is 59.9 cm³/mol. The van der Waals surface area contributed by atoms with Crippen molar-refractivity contribution in [3.8, 4) is 11.4 Å². The number of hydrogen-bond acceptors (Lipinski definition) is 5. The lowest BCUT2D eigenvalue weighted by atomic mass is 10.2. The molecule has 0 N–H and O–H groups in total. The molecule has 0 fully saturated rings. The molecule has 5 nitrogen and oxygen atoms in total. The summed E-state index contributed by atoms with van der Waals surface area (Å²) in [6.07, 6.45) is -0.627. The highest BCUT2D eigenvalue weighted by Crippen LogP contribution is 2.20. The Morgan fingerprint density at radius 2 is 2.28 bits per heavy atom. The lowest BCUT2D eigenvalue weighted by molar-refractivity contribution is -0.146. The van der Waals surface area contributed by atoms with Gasteiger partial charge in [-0.3, -0.25) is 4.79 Å². The predicted octanol–water partition coefficient (Wildman–Crippen LogP) is 2.50. The molecule has 2 aromatic rings. The Hall–Kier alpha value is -2.24. The first-order valence-electron chi connectivity index (χ1n) is 5.33. The molecule has 0 aliphatic carbocycles. The Morgan fingerprint density at radius 3 is 2.94 bits per heavy atom. The maximum atomic E-state index is 13.0. The molecule has 0 aliphatic rings. The quantitative estimate of drug-likeness (QED) is 0.783. The van der Waals surface area contributed by atoms with Crippen LogP contribution in [0.15, 0.2) is 28.8 Å². The van der Waals surface area contributed by atoms with Crippen molar-refractivity contribution in [1.29, 1.82) is 0 Å². The van der Waals surface area contributed by atoms with Gasteiger partial charge >= 0.3 is 5.97 Å². The van der Waals surface area contributed by atoms with Crippen LogP contribution in [0.5, 0.6) is 0 Å². The van der Waals surface area contributed by atoms with E-state index in [2.05, 4.69) is 10.1 Å². The number of rotatable bonds is 3. The van der Waals surface area contributed by atoms with E-state index in [4.69, 9.17) is 9.26 Å². The molecule has 6 heteroatoms. The fourth-order valence-electron chi connectivity index (χ4n) is 1.44. The van der Waals surface area contributed by atoms with Gasteiger partial charge in [-0.2, -0.15) is 4.98 Å². The van der Waals surface area contributed by atoms with E-state index in [1.807, 2.05) is 0 Å². The molecule has 0 aliphatic heterocycles. The summed E-state index contributed by atoms with van der Waals surface area (Å²) in [6, 6.07) is 5.83. The molecule has 0 unspecified atom stereocenters. The number of benzene rings is 1. The van der Waals surface area contributed by atoms with Gasteiger partial charge in [0.25, 0.3) is 5.89 Å². The van der Waals surface area contributed by atoms with Gasteiger partial charge in [0.1, 0.15) is 5.82 Å². The van der Waals surface area contributed by atoms with Gasteiger partial charge in [0.05, 0.1) is 0 Å². The minimum Gasteiger partial charge on any atom is -0.453 e. The molecule has 1 atom stereocenters. The summed E-state index contributed by atoms with van der Waals surface area (Å²) in [5.74, 6) is -0.396. The Labute approximate surface area is 103 Å². The summed E-state index contributed by atoms with van der Waals surface area (Å²) < 4.78 is 22.9. The summed E-state index contributed by atoms with van der Waals surface area (Å²) in [5.41, 5.74) is 0.500. The van der Waals surface area contributed by atoms with Gasteiger partial charge in [-0.25, -0.2) is 4.39 Å². The molecular formula is C12H11FN2O3. The Kier molecular flexibility index (Phi) is 3.36. The van der Waals surface area contributed by atoms with E-state index in [1.54, 1.807) is 19.1 Å². The molecule has 0 radical (unpaired) electrons.